The zero-order valence-corrected chi connectivity index (χ0v) is 50.1. The zero-order chi connectivity index (χ0) is 56.4. The minimum atomic E-state index is -4.45. The van der Waals surface area contributed by atoms with E-state index in [-0.39, 0.29) is 18.9 Å². The molecule has 0 aliphatic rings. The standard InChI is InChI=1S/C67H111N2O7P/c1-6-8-10-12-14-16-18-20-21-22-23-24-25-26-27-28-29-30-31-32-33-34-35-36-37-38-39-40-41-42-43-44-45-46-47-48-50-52-54-56-58-60-66(71)68-64(63-76-77(73,74)75-62-61-69(3,4)5)67(72)65(70)59-57-55-53-51-49-19-17-15-13-11-9-7-2/h7-10,14-17,20-21,23-24,26-27,29-30,32-33,35-36,38-39,41-42,51,53,64-65,67,70,72H,6,11-13,18-19,22,25,28,31,34,37,40,43-50,52,54-63H2,1-5H3,(H-,68,71,73,74)/p+1/b9-7+,10-8-,16-14-,17-15+,21-20-,24-23-,27-26-,30-29-,33-32-,36-35-,39-38-,42-41-,53-51+. The monoisotopic (exact) mass is 1090 g/mol. The van der Waals surface area contributed by atoms with Gasteiger partial charge in [-0.1, -0.05) is 216 Å². The highest BCUT2D eigenvalue weighted by atomic mass is 31.2. The highest BCUT2D eigenvalue weighted by Crippen LogP contribution is 2.43. The van der Waals surface area contributed by atoms with Crippen molar-refractivity contribution >= 4 is 13.7 Å². The van der Waals surface area contributed by atoms with Crippen molar-refractivity contribution in [3.8, 4) is 0 Å². The van der Waals surface area contributed by atoms with Crippen LogP contribution in [0, 0.1) is 0 Å². The molecule has 0 fully saturated rings. The largest absolute Gasteiger partial charge is 0.472 e. The van der Waals surface area contributed by atoms with Crippen LogP contribution in [0.4, 0.5) is 0 Å². The third kappa shape index (κ3) is 56.6. The third-order valence-electron chi connectivity index (χ3n) is 12.4. The van der Waals surface area contributed by atoms with Crippen LogP contribution in [0.15, 0.2) is 158 Å². The van der Waals surface area contributed by atoms with Crippen LogP contribution >= 0.6 is 7.82 Å². The Bertz CT molecular complexity index is 1830. The Hall–Kier alpha value is -3.92. The van der Waals surface area contributed by atoms with Crippen molar-refractivity contribution in [2.24, 2.45) is 0 Å². The van der Waals surface area contributed by atoms with Crippen LogP contribution in [-0.4, -0.2) is 84.6 Å². The maximum absolute atomic E-state index is 13.0. The maximum atomic E-state index is 13.0. The number of carbonyl (C=O) groups excluding carboxylic acids is 1. The van der Waals surface area contributed by atoms with Gasteiger partial charge in [-0.05, 0) is 135 Å². The van der Waals surface area contributed by atoms with E-state index in [2.05, 4.69) is 170 Å². The van der Waals surface area contributed by atoms with Crippen LogP contribution in [0.25, 0.3) is 0 Å². The second kappa shape index (κ2) is 55.4. The molecule has 4 atom stereocenters. The molecule has 0 aliphatic carbocycles. The molecule has 9 nitrogen and oxygen atoms in total. The number of nitrogens with one attached hydrogen (secondary N) is 1. The lowest BCUT2D eigenvalue weighted by Gasteiger charge is -2.28. The summed E-state index contributed by atoms with van der Waals surface area (Å²) in [4.78, 5) is 23.3. The van der Waals surface area contributed by atoms with Crippen molar-refractivity contribution in [3.05, 3.63) is 158 Å². The fourth-order valence-corrected chi connectivity index (χ4v) is 8.47. The molecule has 0 aromatic carbocycles. The number of nitrogens with zero attached hydrogens (tertiary/aromatic N) is 1. The normalized spacial score (nSPS) is 15.4. The van der Waals surface area contributed by atoms with Gasteiger partial charge in [0.05, 0.1) is 39.9 Å². The SMILES string of the molecule is C/C=C/CC/C=C/CC/C=C/CCCC(O)C(O)C(COP(=O)(O)OCC[N+](C)(C)C)NC(=O)CCCCCCCCCCCC/C=C\C/C=C\C/C=C\C/C=C\C/C=C\C/C=C\C/C=C\C/C=C\C/C=C\C/C=C\CC. The molecular formula is C67H112N2O7P+. The van der Waals surface area contributed by atoms with Crippen LogP contribution in [-0.2, 0) is 18.4 Å². The van der Waals surface area contributed by atoms with Gasteiger partial charge in [0.2, 0.25) is 5.91 Å². The van der Waals surface area contributed by atoms with Crippen LogP contribution < -0.4 is 5.32 Å². The molecule has 0 radical (unpaired) electrons. The molecule has 0 aromatic rings. The van der Waals surface area contributed by atoms with E-state index in [1.807, 2.05) is 28.1 Å². The van der Waals surface area contributed by atoms with Crippen LogP contribution in [0.5, 0.6) is 0 Å². The van der Waals surface area contributed by atoms with Gasteiger partial charge >= 0.3 is 7.82 Å². The van der Waals surface area contributed by atoms with E-state index in [1.165, 1.54) is 38.5 Å². The first-order valence-electron chi connectivity index (χ1n) is 29.9. The number of allylic oxidation sites excluding steroid dienone is 26. The Morgan fingerprint density at radius 3 is 1.25 bits per heavy atom. The summed E-state index contributed by atoms with van der Waals surface area (Å²) in [6, 6.07) is -1.07. The van der Waals surface area contributed by atoms with Gasteiger partial charge in [-0.2, -0.15) is 0 Å². The second-order valence-corrected chi connectivity index (χ2v) is 22.2. The Balaban J connectivity index is 4.15. The Labute approximate surface area is 472 Å². The predicted octanol–water partition coefficient (Wildman–Crippen LogP) is 17.6. The summed E-state index contributed by atoms with van der Waals surface area (Å²) < 4.78 is 23.6. The first kappa shape index (κ1) is 73.1. The van der Waals surface area contributed by atoms with Crippen molar-refractivity contribution in [2.45, 2.75) is 218 Å². The molecule has 0 bridgehead atoms. The van der Waals surface area contributed by atoms with E-state index in [1.54, 1.807) is 0 Å². The topological polar surface area (TPSA) is 125 Å². The summed E-state index contributed by atoms with van der Waals surface area (Å²) >= 11 is 0. The fraction of sp³-hybridized carbons (Fsp3) is 0.597. The van der Waals surface area contributed by atoms with Gasteiger partial charge in [0.1, 0.15) is 19.3 Å². The number of aliphatic hydroxyl groups excluding tert-OH is 2. The van der Waals surface area contributed by atoms with Crippen LogP contribution in [0.1, 0.15) is 200 Å². The number of rotatable bonds is 52. The van der Waals surface area contributed by atoms with Crippen molar-refractivity contribution in [1.29, 1.82) is 0 Å². The van der Waals surface area contributed by atoms with E-state index in [0.717, 1.165) is 122 Å². The number of quaternary nitrogens is 1. The minimum absolute atomic E-state index is 0.00356. The molecule has 0 spiro atoms. The summed E-state index contributed by atoms with van der Waals surface area (Å²) in [6.45, 7) is 4.22. The Morgan fingerprint density at radius 2 is 0.831 bits per heavy atom. The number of likely N-dealkylation sites (N-methyl/N-ethyl adjacent to an activating group) is 1. The summed E-state index contributed by atoms with van der Waals surface area (Å²) in [5.41, 5.74) is 0. The molecule has 4 unspecified atom stereocenters. The van der Waals surface area contributed by atoms with Crippen molar-refractivity contribution in [3.63, 3.8) is 0 Å². The summed E-state index contributed by atoms with van der Waals surface area (Å²) in [5, 5.41) is 24.7. The molecule has 4 N–H and O–H groups in total. The number of unbranched alkanes of at least 4 members (excludes halogenated alkanes) is 13. The molecule has 0 saturated carbocycles. The molecule has 0 saturated heterocycles. The van der Waals surface area contributed by atoms with Crippen molar-refractivity contribution in [1.82, 2.24) is 5.32 Å². The highest BCUT2D eigenvalue weighted by molar-refractivity contribution is 7.47. The quantitative estimate of drug-likeness (QED) is 0.0207. The molecular weight excluding hydrogens is 976 g/mol. The maximum Gasteiger partial charge on any atom is 0.472 e. The first-order chi connectivity index (χ1) is 37.4. The molecule has 0 rings (SSSR count). The van der Waals surface area contributed by atoms with Gasteiger partial charge in [0.25, 0.3) is 0 Å². The molecule has 77 heavy (non-hydrogen) atoms. The minimum Gasteiger partial charge on any atom is -0.390 e. The smallest absolute Gasteiger partial charge is 0.390 e. The number of amides is 1. The van der Waals surface area contributed by atoms with Crippen molar-refractivity contribution in [2.75, 3.05) is 40.9 Å². The molecule has 0 aromatic heterocycles. The molecule has 0 heterocycles. The lowest BCUT2D eigenvalue weighted by molar-refractivity contribution is -0.870. The number of phosphoric acid groups is 1. The van der Waals surface area contributed by atoms with Gasteiger partial charge in [-0.15, -0.1) is 0 Å². The van der Waals surface area contributed by atoms with Gasteiger partial charge in [-0.3, -0.25) is 13.8 Å². The van der Waals surface area contributed by atoms with Crippen molar-refractivity contribution < 1.29 is 38.0 Å². The summed E-state index contributed by atoms with van der Waals surface area (Å²) in [6.07, 6.45) is 83.6. The number of phosphoric ester groups is 1. The van der Waals surface area contributed by atoms with E-state index in [0.29, 0.717) is 30.3 Å². The molecule has 10 heteroatoms. The van der Waals surface area contributed by atoms with Crippen LogP contribution in [0.2, 0.25) is 0 Å². The Kier molecular flexibility index (Phi) is 52.6. The number of carbonyl (C=O) groups is 1. The lowest BCUT2D eigenvalue weighted by atomic mass is 10.0. The van der Waals surface area contributed by atoms with Gasteiger partial charge in [0, 0.05) is 6.42 Å². The van der Waals surface area contributed by atoms with E-state index in [4.69, 9.17) is 9.05 Å². The van der Waals surface area contributed by atoms with E-state index < -0.39 is 32.7 Å². The summed E-state index contributed by atoms with van der Waals surface area (Å²) in [5.74, 6) is -0.287. The number of hydrogen-bond donors (Lipinski definition) is 4. The Morgan fingerprint density at radius 1 is 0.481 bits per heavy atom. The van der Waals surface area contributed by atoms with E-state index >= 15 is 0 Å². The number of hydrogen-bond acceptors (Lipinski definition) is 6. The highest BCUT2D eigenvalue weighted by Gasteiger charge is 2.31. The molecule has 436 valence electrons. The average molecular weight is 1090 g/mol. The summed E-state index contributed by atoms with van der Waals surface area (Å²) in [7, 11) is 1.38. The molecule has 0 aliphatic heterocycles. The lowest BCUT2D eigenvalue weighted by Crippen LogP contribution is -2.51. The number of aliphatic hydroxyl groups is 2. The zero-order valence-electron chi connectivity index (χ0n) is 49.2. The van der Waals surface area contributed by atoms with Gasteiger partial charge in [-0.25, -0.2) is 4.57 Å². The van der Waals surface area contributed by atoms with Gasteiger partial charge in [0.15, 0.2) is 0 Å². The molecule has 1 amide bonds. The van der Waals surface area contributed by atoms with E-state index in [9.17, 15) is 24.5 Å². The average Bonchev–Trinajstić information content (AvgIpc) is 3.39. The third-order valence-corrected chi connectivity index (χ3v) is 13.4. The van der Waals surface area contributed by atoms with Crippen LogP contribution in [0.3, 0.4) is 0 Å². The predicted molar refractivity (Wildman–Crippen MR) is 333 cm³/mol. The first-order valence-corrected chi connectivity index (χ1v) is 31.4. The van der Waals surface area contributed by atoms with Gasteiger partial charge < -0.3 is 24.9 Å². The second-order valence-electron chi connectivity index (χ2n) is 20.8. The fourth-order valence-electron chi connectivity index (χ4n) is 7.74.